The fourth-order valence-electron chi connectivity index (χ4n) is 1.03. The topological polar surface area (TPSA) is 58.0 Å². The van der Waals surface area contributed by atoms with Crippen molar-refractivity contribution >= 4 is 0 Å². The Morgan fingerprint density at radius 2 is 2.00 bits per heavy atom. The van der Waals surface area contributed by atoms with Gasteiger partial charge in [-0.1, -0.05) is 24.2 Å². The van der Waals surface area contributed by atoms with Crippen LogP contribution in [0.25, 0.3) is 10.4 Å². The lowest BCUT2D eigenvalue weighted by Crippen LogP contribution is -1.88. The quantitative estimate of drug-likeness (QED) is 0.397. The molecule has 0 amide bonds. The standard InChI is InChI=1S/C9H11N3O/c1-7(11-12-10)8-3-5-9(13-2)6-4-8/h3-7H,1-2H3/t7-/m0/s1. The second kappa shape index (κ2) is 4.38. The molecule has 0 spiro atoms. The van der Waals surface area contributed by atoms with E-state index in [9.17, 15) is 0 Å². The molecule has 0 N–H and O–H groups in total. The molecule has 13 heavy (non-hydrogen) atoms. The molecule has 0 unspecified atom stereocenters. The van der Waals surface area contributed by atoms with Crippen molar-refractivity contribution in [1.29, 1.82) is 0 Å². The second-order valence-corrected chi connectivity index (χ2v) is 2.65. The molecule has 1 rings (SSSR count). The molecule has 0 aromatic heterocycles. The van der Waals surface area contributed by atoms with Crippen LogP contribution in [0.5, 0.6) is 5.75 Å². The Morgan fingerprint density at radius 1 is 1.38 bits per heavy atom. The van der Waals surface area contributed by atoms with Crippen LogP contribution in [0.15, 0.2) is 29.4 Å². The maximum atomic E-state index is 8.23. The van der Waals surface area contributed by atoms with E-state index < -0.39 is 0 Å². The van der Waals surface area contributed by atoms with E-state index in [4.69, 9.17) is 10.3 Å². The van der Waals surface area contributed by atoms with Crippen LogP contribution in [0.3, 0.4) is 0 Å². The van der Waals surface area contributed by atoms with Gasteiger partial charge < -0.3 is 4.74 Å². The molecule has 0 fully saturated rings. The third-order valence-electron chi connectivity index (χ3n) is 1.82. The summed E-state index contributed by atoms with van der Waals surface area (Å²) in [6.07, 6.45) is 0. The molecule has 0 saturated heterocycles. The first-order valence-electron chi connectivity index (χ1n) is 3.96. The Bertz CT molecular complexity index is 314. The number of azide groups is 1. The summed E-state index contributed by atoms with van der Waals surface area (Å²) in [6, 6.07) is 7.34. The first-order chi connectivity index (χ1) is 6.27. The molecule has 0 aliphatic heterocycles. The highest BCUT2D eigenvalue weighted by atomic mass is 16.5. The lowest BCUT2D eigenvalue weighted by atomic mass is 10.1. The Kier molecular flexibility index (Phi) is 3.17. The molecule has 68 valence electrons. The number of nitrogens with zero attached hydrogens (tertiary/aromatic N) is 3. The average Bonchev–Trinajstić information content (AvgIpc) is 2.18. The number of rotatable bonds is 3. The van der Waals surface area contributed by atoms with E-state index in [0.29, 0.717) is 0 Å². The number of benzene rings is 1. The molecule has 0 aliphatic carbocycles. The minimum absolute atomic E-state index is 0.129. The molecular weight excluding hydrogens is 166 g/mol. The zero-order valence-corrected chi connectivity index (χ0v) is 7.64. The fraction of sp³-hybridized carbons (Fsp3) is 0.333. The molecule has 1 atom stereocenters. The minimum atomic E-state index is -0.129. The zero-order chi connectivity index (χ0) is 9.68. The summed E-state index contributed by atoms with van der Waals surface area (Å²) >= 11 is 0. The number of hydrogen-bond acceptors (Lipinski definition) is 2. The first-order valence-corrected chi connectivity index (χ1v) is 3.96. The van der Waals surface area contributed by atoms with Gasteiger partial charge in [-0.2, -0.15) is 0 Å². The largest absolute Gasteiger partial charge is 0.497 e. The van der Waals surface area contributed by atoms with Crippen molar-refractivity contribution in [3.05, 3.63) is 40.3 Å². The molecule has 1 aromatic rings. The lowest BCUT2D eigenvalue weighted by Gasteiger charge is -2.05. The van der Waals surface area contributed by atoms with Crippen LogP contribution in [0.2, 0.25) is 0 Å². The van der Waals surface area contributed by atoms with Gasteiger partial charge in [-0.3, -0.25) is 0 Å². The van der Waals surface area contributed by atoms with Gasteiger partial charge in [-0.15, -0.1) is 0 Å². The summed E-state index contributed by atoms with van der Waals surface area (Å²) in [6.45, 7) is 1.85. The molecule has 0 bridgehead atoms. The van der Waals surface area contributed by atoms with Crippen LogP contribution in [-0.2, 0) is 0 Å². The predicted octanol–water partition coefficient (Wildman–Crippen LogP) is 3.07. The fourth-order valence-corrected chi connectivity index (χ4v) is 1.03. The van der Waals surface area contributed by atoms with Gasteiger partial charge in [-0.05, 0) is 23.2 Å². The molecule has 0 radical (unpaired) electrons. The molecule has 1 aromatic carbocycles. The summed E-state index contributed by atoms with van der Waals surface area (Å²) in [7, 11) is 1.62. The Labute approximate surface area is 76.8 Å². The van der Waals surface area contributed by atoms with E-state index in [0.717, 1.165) is 11.3 Å². The SMILES string of the molecule is COc1ccc([C@H](C)N=[N+]=[N-])cc1. The van der Waals surface area contributed by atoms with Gasteiger partial charge in [0.1, 0.15) is 5.75 Å². The number of methoxy groups -OCH3 is 1. The number of ether oxygens (including phenoxy) is 1. The van der Waals surface area contributed by atoms with E-state index in [1.54, 1.807) is 7.11 Å². The predicted molar refractivity (Wildman–Crippen MR) is 50.6 cm³/mol. The molecular formula is C9H11N3O. The highest BCUT2D eigenvalue weighted by Crippen LogP contribution is 2.19. The van der Waals surface area contributed by atoms with Gasteiger partial charge in [0.2, 0.25) is 0 Å². The summed E-state index contributed by atoms with van der Waals surface area (Å²) in [5.74, 6) is 0.803. The summed E-state index contributed by atoms with van der Waals surface area (Å²) < 4.78 is 5.01. The van der Waals surface area contributed by atoms with E-state index in [1.165, 1.54) is 0 Å². The molecule has 0 saturated carbocycles. The summed E-state index contributed by atoms with van der Waals surface area (Å²) in [5, 5.41) is 3.59. The van der Waals surface area contributed by atoms with Crippen molar-refractivity contribution < 1.29 is 4.74 Å². The van der Waals surface area contributed by atoms with Gasteiger partial charge in [0.05, 0.1) is 13.2 Å². The minimum Gasteiger partial charge on any atom is -0.497 e. The van der Waals surface area contributed by atoms with Crippen molar-refractivity contribution in [2.24, 2.45) is 5.11 Å². The van der Waals surface area contributed by atoms with E-state index >= 15 is 0 Å². The van der Waals surface area contributed by atoms with Crippen LogP contribution in [0.1, 0.15) is 18.5 Å². The molecule has 4 nitrogen and oxygen atoms in total. The van der Waals surface area contributed by atoms with Crippen LogP contribution in [-0.4, -0.2) is 7.11 Å². The average molecular weight is 177 g/mol. The van der Waals surface area contributed by atoms with Crippen molar-refractivity contribution in [3.8, 4) is 5.75 Å². The van der Waals surface area contributed by atoms with Gasteiger partial charge in [0.25, 0.3) is 0 Å². The van der Waals surface area contributed by atoms with Crippen LogP contribution < -0.4 is 4.74 Å². The highest BCUT2D eigenvalue weighted by molar-refractivity contribution is 5.28. The van der Waals surface area contributed by atoms with Crippen LogP contribution in [0.4, 0.5) is 0 Å². The Balaban J connectivity index is 2.85. The van der Waals surface area contributed by atoms with E-state index in [-0.39, 0.29) is 6.04 Å². The maximum absolute atomic E-state index is 8.23. The smallest absolute Gasteiger partial charge is 0.118 e. The number of hydrogen-bond donors (Lipinski definition) is 0. The van der Waals surface area contributed by atoms with Gasteiger partial charge in [-0.25, -0.2) is 0 Å². The van der Waals surface area contributed by atoms with Crippen molar-refractivity contribution in [2.45, 2.75) is 13.0 Å². The Hall–Kier alpha value is -1.67. The maximum Gasteiger partial charge on any atom is 0.118 e. The molecule has 0 heterocycles. The second-order valence-electron chi connectivity index (χ2n) is 2.65. The Morgan fingerprint density at radius 3 is 2.46 bits per heavy atom. The van der Waals surface area contributed by atoms with E-state index in [1.807, 2.05) is 31.2 Å². The highest BCUT2D eigenvalue weighted by Gasteiger charge is 2.01. The first kappa shape index (κ1) is 9.42. The summed E-state index contributed by atoms with van der Waals surface area (Å²) in [4.78, 5) is 2.75. The molecule has 4 heteroatoms. The monoisotopic (exact) mass is 177 g/mol. The van der Waals surface area contributed by atoms with Crippen LogP contribution in [0, 0.1) is 0 Å². The van der Waals surface area contributed by atoms with Gasteiger partial charge in [0, 0.05) is 4.91 Å². The van der Waals surface area contributed by atoms with Gasteiger partial charge >= 0.3 is 0 Å². The van der Waals surface area contributed by atoms with Gasteiger partial charge in [0.15, 0.2) is 0 Å². The zero-order valence-electron chi connectivity index (χ0n) is 7.64. The van der Waals surface area contributed by atoms with Crippen molar-refractivity contribution in [3.63, 3.8) is 0 Å². The lowest BCUT2D eigenvalue weighted by molar-refractivity contribution is 0.414. The normalized spacial score (nSPS) is 11.5. The van der Waals surface area contributed by atoms with Crippen molar-refractivity contribution in [2.75, 3.05) is 7.11 Å². The third-order valence-corrected chi connectivity index (χ3v) is 1.82. The molecule has 0 aliphatic rings. The third kappa shape index (κ3) is 2.39. The van der Waals surface area contributed by atoms with E-state index in [2.05, 4.69) is 10.0 Å². The van der Waals surface area contributed by atoms with Crippen LogP contribution >= 0.6 is 0 Å². The summed E-state index contributed by atoms with van der Waals surface area (Å²) in [5.41, 5.74) is 9.22. The van der Waals surface area contributed by atoms with Crippen molar-refractivity contribution in [1.82, 2.24) is 0 Å².